The molecule has 3 rings (SSSR count). The Morgan fingerprint density at radius 1 is 0.812 bits per heavy atom. The maximum absolute atomic E-state index is 13.4. The van der Waals surface area contributed by atoms with Crippen molar-refractivity contribution in [3.05, 3.63) is 112 Å². The van der Waals surface area contributed by atoms with Crippen molar-refractivity contribution in [2.75, 3.05) is 0 Å². The standard InChI is InChI=1S/C23H21NO6S2/c1-18-12-14-19(15-13-18)16-20(24(25)26)17-23(31(27,28)21-8-4-2-5-9-21)32(29,30)22-10-6-3-7-11-22/h2-16,23H,17H2,1H3/b20-16-. The minimum atomic E-state index is -4.47. The van der Waals surface area contributed by atoms with Crippen LogP contribution in [0, 0.1) is 17.0 Å². The molecule has 0 aliphatic carbocycles. The van der Waals surface area contributed by atoms with Crippen molar-refractivity contribution in [1.82, 2.24) is 0 Å². The quantitative estimate of drug-likeness (QED) is 0.358. The zero-order chi connectivity index (χ0) is 23.4. The van der Waals surface area contributed by atoms with E-state index >= 15 is 0 Å². The van der Waals surface area contributed by atoms with E-state index in [9.17, 15) is 26.9 Å². The van der Waals surface area contributed by atoms with Crippen LogP contribution >= 0.6 is 0 Å². The molecule has 0 aliphatic rings. The molecular weight excluding hydrogens is 450 g/mol. The third-order valence-corrected chi connectivity index (χ3v) is 9.95. The largest absolute Gasteiger partial charge is 0.259 e. The average molecular weight is 472 g/mol. The second-order valence-corrected chi connectivity index (χ2v) is 11.7. The third kappa shape index (κ3) is 5.12. The van der Waals surface area contributed by atoms with Crippen LogP contribution < -0.4 is 0 Å². The smallest absolute Gasteiger partial charge is 0.249 e. The molecule has 166 valence electrons. The van der Waals surface area contributed by atoms with Gasteiger partial charge >= 0.3 is 0 Å². The SMILES string of the molecule is Cc1ccc(/C=C(/CC(S(=O)(=O)c2ccccc2)S(=O)(=O)c2ccccc2)[N+](=O)[O-])cc1. The highest BCUT2D eigenvalue weighted by Gasteiger charge is 2.42. The zero-order valence-electron chi connectivity index (χ0n) is 17.2. The Balaban J connectivity index is 2.16. The van der Waals surface area contributed by atoms with Gasteiger partial charge in [0.25, 0.3) is 0 Å². The number of aryl methyl sites for hydroxylation is 1. The van der Waals surface area contributed by atoms with Gasteiger partial charge in [0.1, 0.15) is 0 Å². The molecule has 0 unspecified atom stereocenters. The summed E-state index contributed by atoms with van der Waals surface area (Å²) in [5.74, 6) is 0. The van der Waals surface area contributed by atoms with E-state index in [1.54, 1.807) is 36.4 Å². The maximum Gasteiger partial charge on any atom is 0.249 e. The van der Waals surface area contributed by atoms with E-state index in [0.29, 0.717) is 5.56 Å². The van der Waals surface area contributed by atoms with Gasteiger partial charge in [-0.1, -0.05) is 66.2 Å². The van der Waals surface area contributed by atoms with Gasteiger partial charge in [0, 0.05) is 6.08 Å². The predicted octanol–water partition coefficient (Wildman–Crippen LogP) is 4.28. The Kier molecular flexibility index (Phi) is 6.90. The van der Waals surface area contributed by atoms with Gasteiger partial charge in [0.2, 0.25) is 5.70 Å². The molecule has 0 aromatic heterocycles. The van der Waals surface area contributed by atoms with Gasteiger partial charge in [0.05, 0.1) is 21.1 Å². The maximum atomic E-state index is 13.4. The first-order chi connectivity index (χ1) is 15.1. The first-order valence-electron chi connectivity index (χ1n) is 9.62. The van der Waals surface area contributed by atoms with Crippen LogP contribution in [0.4, 0.5) is 0 Å². The van der Waals surface area contributed by atoms with E-state index in [2.05, 4.69) is 0 Å². The monoisotopic (exact) mass is 471 g/mol. The van der Waals surface area contributed by atoms with E-state index in [0.717, 1.165) is 5.56 Å². The summed E-state index contributed by atoms with van der Waals surface area (Å²) < 4.78 is 51.4. The van der Waals surface area contributed by atoms with E-state index in [1.165, 1.54) is 54.6 Å². The summed E-state index contributed by atoms with van der Waals surface area (Å²) in [5, 5.41) is 11.8. The van der Waals surface area contributed by atoms with E-state index in [-0.39, 0.29) is 9.79 Å². The highest BCUT2D eigenvalue weighted by atomic mass is 32.3. The van der Waals surface area contributed by atoms with Gasteiger partial charge in [-0.3, -0.25) is 10.1 Å². The van der Waals surface area contributed by atoms with Crippen molar-refractivity contribution in [1.29, 1.82) is 0 Å². The summed E-state index contributed by atoms with van der Waals surface area (Å²) in [4.78, 5) is 10.6. The molecule has 0 bridgehead atoms. The topological polar surface area (TPSA) is 111 Å². The Hall–Kier alpha value is -3.30. The molecule has 32 heavy (non-hydrogen) atoms. The normalized spacial score (nSPS) is 12.6. The van der Waals surface area contributed by atoms with Crippen LogP contribution in [0.5, 0.6) is 0 Å². The Morgan fingerprint density at radius 3 is 1.66 bits per heavy atom. The first kappa shape index (κ1) is 23.4. The average Bonchev–Trinajstić information content (AvgIpc) is 2.78. The van der Waals surface area contributed by atoms with Crippen molar-refractivity contribution in [2.24, 2.45) is 0 Å². The number of benzene rings is 3. The van der Waals surface area contributed by atoms with Gasteiger partial charge < -0.3 is 0 Å². The van der Waals surface area contributed by atoms with Crippen molar-refractivity contribution in [3.8, 4) is 0 Å². The number of hydrogen-bond donors (Lipinski definition) is 0. The Bertz CT molecular complexity index is 1260. The van der Waals surface area contributed by atoms with Crippen molar-refractivity contribution < 1.29 is 21.8 Å². The van der Waals surface area contributed by atoms with Crippen molar-refractivity contribution in [3.63, 3.8) is 0 Å². The highest BCUT2D eigenvalue weighted by Crippen LogP contribution is 2.31. The number of rotatable bonds is 8. The van der Waals surface area contributed by atoms with Gasteiger partial charge in [-0.2, -0.15) is 0 Å². The molecule has 0 saturated carbocycles. The van der Waals surface area contributed by atoms with Crippen molar-refractivity contribution >= 4 is 25.8 Å². The van der Waals surface area contributed by atoms with Crippen molar-refractivity contribution in [2.45, 2.75) is 27.7 Å². The summed E-state index contributed by atoms with van der Waals surface area (Å²) in [6.45, 7) is 1.86. The number of nitrogens with zero attached hydrogens (tertiary/aromatic N) is 1. The second kappa shape index (κ2) is 9.46. The molecule has 0 fully saturated rings. The molecule has 0 heterocycles. The second-order valence-electron chi connectivity index (χ2n) is 7.15. The Morgan fingerprint density at radius 2 is 1.25 bits per heavy atom. The molecule has 7 nitrogen and oxygen atoms in total. The van der Waals surface area contributed by atoms with Gasteiger partial charge in [-0.25, -0.2) is 16.8 Å². The van der Waals surface area contributed by atoms with Crippen LogP contribution in [0.2, 0.25) is 0 Å². The third-order valence-electron chi connectivity index (χ3n) is 4.86. The summed E-state index contributed by atoms with van der Waals surface area (Å²) in [5.41, 5.74) is 0.897. The summed E-state index contributed by atoms with van der Waals surface area (Å²) in [7, 11) is -8.94. The Labute approximate surface area is 187 Å². The molecule has 0 N–H and O–H groups in total. The molecule has 0 spiro atoms. The molecule has 0 saturated heterocycles. The number of allylic oxidation sites excluding steroid dienone is 1. The zero-order valence-corrected chi connectivity index (χ0v) is 18.8. The minimum Gasteiger partial charge on any atom is -0.259 e. The van der Waals surface area contributed by atoms with Crippen LogP contribution in [0.25, 0.3) is 6.08 Å². The van der Waals surface area contributed by atoms with Crippen LogP contribution in [0.15, 0.2) is 100 Å². The van der Waals surface area contributed by atoms with Gasteiger partial charge in [-0.15, -0.1) is 0 Å². The van der Waals surface area contributed by atoms with Crippen LogP contribution in [0.1, 0.15) is 17.5 Å². The molecule has 9 heteroatoms. The number of sulfone groups is 2. The molecule has 0 radical (unpaired) electrons. The first-order valence-corrected chi connectivity index (χ1v) is 12.7. The summed E-state index contributed by atoms with van der Waals surface area (Å²) >= 11 is 0. The van der Waals surface area contributed by atoms with Crippen LogP contribution in [-0.2, 0) is 19.7 Å². The number of hydrogen-bond acceptors (Lipinski definition) is 6. The van der Waals surface area contributed by atoms with E-state index in [4.69, 9.17) is 0 Å². The fourth-order valence-electron chi connectivity index (χ4n) is 3.12. The molecule has 0 aliphatic heterocycles. The van der Waals surface area contributed by atoms with Gasteiger partial charge in [0.15, 0.2) is 24.3 Å². The lowest BCUT2D eigenvalue weighted by Crippen LogP contribution is -2.32. The lowest BCUT2D eigenvalue weighted by molar-refractivity contribution is -0.425. The fraction of sp³-hybridized carbons (Fsp3) is 0.130. The minimum absolute atomic E-state index is 0.220. The highest BCUT2D eigenvalue weighted by molar-refractivity contribution is 8.09. The molecular formula is C23H21NO6S2. The summed E-state index contributed by atoms with van der Waals surface area (Å²) in [6.07, 6.45) is 0.392. The van der Waals surface area contributed by atoms with Crippen LogP contribution in [-0.4, -0.2) is 26.3 Å². The van der Waals surface area contributed by atoms with E-state index in [1.807, 2.05) is 6.92 Å². The van der Waals surface area contributed by atoms with Crippen LogP contribution in [0.3, 0.4) is 0 Å². The van der Waals surface area contributed by atoms with Gasteiger partial charge in [-0.05, 0) is 36.8 Å². The lowest BCUT2D eigenvalue weighted by Gasteiger charge is -2.18. The molecule has 3 aromatic carbocycles. The number of nitro groups is 1. The predicted molar refractivity (Wildman–Crippen MR) is 122 cm³/mol. The summed E-state index contributed by atoms with van der Waals surface area (Å²) in [6, 6.07) is 21.0. The van der Waals surface area contributed by atoms with E-state index < -0.39 is 41.3 Å². The molecule has 0 atom stereocenters. The lowest BCUT2D eigenvalue weighted by atomic mass is 10.1. The molecule has 0 amide bonds. The molecule has 3 aromatic rings. The fourth-order valence-corrected chi connectivity index (χ4v) is 7.58.